The van der Waals surface area contributed by atoms with Crippen molar-refractivity contribution in [3.05, 3.63) is 68.9 Å². The van der Waals surface area contributed by atoms with Crippen molar-refractivity contribution >= 4 is 38.3 Å². The van der Waals surface area contributed by atoms with Crippen molar-refractivity contribution in [3.8, 4) is 0 Å². The van der Waals surface area contributed by atoms with Gasteiger partial charge in [0.1, 0.15) is 5.82 Å². The Morgan fingerprint density at radius 1 is 1.20 bits per heavy atom. The monoisotopic (exact) mass is 401 g/mol. The van der Waals surface area contributed by atoms with Gasteiger partial charge in [-0.25, -0.2) is 4.39 Å². The summed E-state index contributed by atoms with van der Waals surface area (Å²) in [5.41, 5.74) is 0.960. The number of benzene rings is 2. The molecule has 2 heterocycles. The number of halogens is 2. The average molecular weight is 402 g/mol. The van der Waals surface area contributed by atoms with Crippen LogP contribution in [0.5, 0.6) is 0 Å². The van der Waals surface area contributed by atoms with E-state index in [0.717, 1.165) is 5.52 Å². The Labute approximate surface area is 150 Å². The number of rotatable bonds is 3. The summed E-state index contributed by atoms with van der Waals surface area (Å²) >= 11 is 3.23. The van der Waals surface area contributed by atoms with Crippen LogP contribution in [-0.4, -0.2) is 19.2 Å². The zero-order chi connectivity index (χ0) is 17.6. The molecule has 0 saturated heterocycles. The Morgan fingerprint density at radius 2 is 2.00 bits per heavy atom. The molecule has 0 unspecified atom stereocenters. The van der Waals surface area contributed by atoms with Crippen LogP contribution in [0.15, 0.2) is 51.7 Å². The SMILES string of the molecule is Cn1c(=O)c2ccccc2n2c(CNc3ccc(Br)cc3F)nnc12. The molecule has 0 radical (unpaired) electrons. The highest BCUT2D eigenvalue weighted by Gasteiger charge is 2.14. The molecule has 0 saturated carbocycles. The smallest absolute Gasteiger partial charge is 0.262 e. The number of nitrogens with one attached hydrogen (secondary N) is 1. The van der Waals surface area contributed by atoms with Crippen molar-refractivity contribution in [1.82, 2.24) is 19.2 Å². The molecule has 0 atom stereocenters. The number of nitrogens with zero attached hydrogens (tertiary/aromatic N) is 4. The van der Waals surface area contributed by atoms with Gasteiger partial charge in [-0.3, -0.25) is 13.8 Å². The number of aromatic nitrogens is 4. The summed E-state index contributed by atoms with van der Waals surface area (Å²) in [6.45, 7) is 0.266. The Balaban J connectivity index is 1.82. The Hall–Kier alpha value is -2.74. The molecule has 25 heavy (non-hydrogen) atoms. The first-order chi connectivity index (χ1) is 12.1. The summed E-state index contributed by atoms with van der Waals surface area (Å²) in [5, 5.41) is 11.9. The van der Waals surface area contributed by atoms with Gasteiger partial charge in [-0.2, -0.15) is 0 Å². The fourth-order valence-electron chi connectivity index (χ4n) is 2.81. The van der Waals surface area contributed by atoms with Crippen LogP contribution in [0.3, 0.4) is 0 Å². The summed E-state index contributed by atoms with van der Waals surface area (Å²) in [5.74, 6) is 0.668. The standard InChI is InChI=1S/C17H13BrFN5O/c1-23-16(25)11-4-2-3-5-14(11)24-15(21-22-17(23)24)9-20-13-7-6-10(18)8-12(13)19/h2-8,20H,9H2,1H3. The number of aryl methyl sites for hydroxylation is 1. The molecule has 0 aliphatic heterocycles. The highest BCUT2D eigenvalue weighted by molar-refractivity contribution is 9.10. The zero-order valence-electron chi connectivity index (χ0n) is 13.2. The lowest BCUT2D eigenvalue weighted by Crippen LogP contribution is -2.20. The van der Waals surface area contributed by atoms with E-state index < -0.39 is 0 Å². The van der Waals surface area contributed by atoms with E-state index in [9.17, 15) is 9.18 Å². The van der Waals surface area contributed by atoms with Crippen molar-refractivity contribution in [2.24, 2.45) is 7.05 Å². The second kappa shape index (κ2) is 5.96. The second-order valence-corrected chi connectivity index (χ2v) is 6.53. The number of fused-ring (bicyclic) bond motifs is 3. The highest BCUT2D eigenvalue weighted by atomic mass is 79.9. The lowest BCUT2D eigenvalue weighted by molar-refractivity contribution is 0.629. The quantitative estimate of drug-likeness (QED) is 0.572. The maximum Gasteiger partial charge on any atom is 0.262 e. The van der Waals surface area contributed by atoms with Crippen molar-refractivity contribution < 1.29 is 4.39 Å². The zero-order valence-corrected chi connectivity index (χ0v) is 14.8. The predicted molar refractivity (Wildman–Crippen MR) is 97.2 cm³/mol. The minimum Gasteiger partial charge on any atom is -0.375 e. The van der Waals surface area contributed by atoms with Gasteiger partial charge in [0.25, 0.3) is 5.56 Å². The molecule has 4 rings (SSSR count). The first-order valence-corrected chi connectivity index (χ1v) is 8.36. The predicted octanol–water partition coefficient (Wildman–Crippen LogP) is 3.09. The van der Waals surface area contributed by atoms with Gasteiger partial charge in [-0.1, -0.05) is 28.1 Å². The second-order valence-electron chi connectivity index (χ2n) is 5.61. The maximum atomic E-state index is 14.0. The van der Waals surface area contributed by atoms with Crippen molar-refractivity contribution in [2.75, 3.05) is 5.32 Å². The third-order valence-electron chi connectivity index (χ3n) is 4.06. The van der Waals surface area contributed by atoms with Gasteiger partial charge in [0.15, 0.2) is 5.82 Å². The maximum absolute atomic E-state index is 14.0. The van der Waals surface area contributed by atoms with E-state index in [1.165, 1.54) is 10.6 Å². The molecule has 6 nitrogen and oxygen atoms in total. The van der Waals surface area contributed by atoms with Gasteiger partial charge in [0.05, 0.1) is 23.1 Å². The molecular formula is C17H13BrFN5O. The summed E-state index contributed by atoms with van der Waals surface area (Å²) in [6.07, 6.45) is 0. The third kappa shape index (κ3) is 2.58. The van der Waals surface area contributed by atoms with E-state index in [-0.39, 0.29) is 17.9 Å². The molecule has 8 heteroatoms. The van der Waals surface area contributed by atoms with Crippen LogP contribution in [-0.2, 0) is 13.6 Å². The Kier molecular flexibility index (Phi) is 3.76. The van der Waals surface area contributed by atoms with Crippen molar-refractivity contribution in [2.45, 2.75) is 6.54 Å². The van der Waals surface area contributed by atoms with Gasteiger partial charge in [0, 0.05) is 11.5 Å². The minimum absolute atomic E-state index is 0.131. The Morgan fingerprint density at radius 3 is 2.80 bits per heavy atom. The van der Waals surface area contributed by atoms with Gasteiger partial charge >= 0.3 is 0 Å². The lowest BCUT2D eigenvalue weighted by atomic mass is 10.2. The number of anilines is 1. The van der Waals surface area contributed by atoms with Gasteiger partial charge < -0.3 is 5.32 Å². The first kappa shape index (κ1) is 15.8. The van der Waals surface area contributed by atoms with Crippen LogP contribution in [0.25, 0.3) is 16.7 Å². The molecule has 2 aromatic carbocycles. The number of hydrogen-bond donors (Lipinski definition) is 1. The van der Waals surface area contributed by atoms with Crippen molar-refractivity contribution in [3.63, 3.8) is 0 Å². The third-order valence-corrected chi connectivity index (χ3v) is 4.55. The fraction of sp³-hybridized carbons (Fsp3) is 0.118. The molecular weight excluding hydrogens is 389 g/mol. The molecule has 4 aromatic rings. The van der Waals surface area contributed by atoms with Crippen LogP contribution in [0, 0.1) is 5.82 Å². The van der Waals surface area contributed by atoms with E-state index in [0.29, 0.717) is 27.1 Å². The minimum atomic E-state index is -0.361. The van der Waals surface area contributed by atoms with E-state index >= 15 is 0 Å². The molecule has 0 aliphatic rings. The molecule has 2 aromatic heterocycles. The Bertz CT molecular complexity index is 1170. The first-order valence-electron chi connectivity index (χ1n) is 7.57. The van der Waals surface area contributed by atoms with Crippen LogP contribution in [0.2, 0.25) is 0 Å². The van der Waals surface area contributed by atoms with E-state index in [1.807, 2.05) is 18.2 Å². The topological polar surface area (TPSA) is 64.2 Å². The van der Waals surface area contributed by atoms with Gasteiger partial charge in [-0.05, 0) is 30.3 Å². The number of hydrogen-bond acceptors (Lipinski definition) is 4. The van der Waals surface area contributed by atoms with Crippen LogP contribution in [0.4, 0.5) is 10.1 Å². The molecule has 0 amide bonds. The lowest BCUT2D eigenvalue weighted by Gasteiger charge is -2.09. The normalized spacial score (nSPS) is 11.3. The van der Waals surface area contributed by atoms with Crippen LogP contribution < -0.4 is 10.9 Å². The van der Waals surface area contributed by atoms with Gasteiger partial charge in [-0.15, -0.1) is 10.2 Å². The van der Waals surface area contributed by atoms with E-state index in [2.05, 4.69) is 31.4 Å². The summed E-state index contributed by atoms with van der Waals surface area (Å²) in [7, 11) is 1.66. The van der Waals surface area contributed by atoms with Crippen LogP contribution >= 0.6 is 15.9 Å². The highest BCUT2D eigenvalue weighted by Crippen LogP contribution is 2.20. The van der Waals surface area contributed by atoms with Gasteiger partial charge in [0.2, 0.25) is 5.78 Å². The van der Waals surface area contributed by atoms with E-state index in [1.54, 1.807) is 29.6 Å². The average Bonchev–Trinajstić information content (AvgIpc) is 3.03. The molecule has 126 valence electrons. The summed E-state index contributed by atoms with van der Waals surface area (Å²) in [4.78, 5) is 12.4. The fourth-order valence-corrected chi connectivity index (χ4v) is 3.15. The summed E-state index contributed by atoms with van der Waals surface area (Å²) in [6, 6.07) is 12.1. The van der Waals surface area contributed by atoms with E-state index in [4.69, 9.17) is 0 Å². The molecule has 0 bridgehead atoms. The molecule has 0 aliphatic carbocycles. The number of para-hydroxylation sites is 1. The largest absolute Gasteiger partial charge is 0.375 e. The van der Waals surface area contributed by atoms with Crippen LogP contribution in [0.1, 0.15) is 5.82 Å². The molecule has 0 spiro atoms. The molecule has 0 fully saturated rings. The summed E-state index contributed by atoms with van der Waals surface area (Å²) < 4.78 is 17.9. The molecule has 1 N–H and O–H groups in total. The van der Waals surface area contributed by atoms with Crippen molar-refractivity contribution in [1.29, 1.82) is 0 Å².